The molecule has 0 bridgehead atoms. The van der Waals surface area contributed by atoms with Gasteiger partial charge in [0.05, 0.1) is 26.5 Å². The van der Waals surface area contributed by atoms with E-state index in [0.717, 1.165) is 6.42 Å². The monoisotopic (exact) mass is 315 g/mol. The lowest BCUT2D eigenvalue weighted by Gasteiger charge is -2.08. The molecule has 0 atom stereocenters. The summed E-state index contributed by atoms with van der Waals surface area (Å²) in [4.78, 5) is 4.35. The summed E-state index contributed by atoms with van der Waals surface area (Å²) in [5.41, 5.74) is 1.32. The number of hydrogen-bond acceptors (Lipinski definition) is 5. The third-order valence-corrected chi connectivity index (χ3v) is 3.19. The molecule has 0 heterocycles. The second kappa shape index (κ2) is 8.08. The second-order valence-corrected chi connectivity index (χ2v) is 4.87. The first kappa shape index (κ1) is 16.7. The number of phenolic OH excluding ortho intramolecular Hbond substituents is 1. The number of ether oxygens (including phenoxy) is 3. The predicted molar refractivity (Wildman–Crippen MR) is 90.7 cm³/mol. The van der Waals surface area contributed by atoms with E-state index in [1.165, 1.54) is 0 Å². The Labute approximate surface area is 136 Å². The molecule has 0 spiro atoms. The van der Waals surface area contributed by atoms with Crippen LogP contribution in [0, 0.1) is 0 Å². The number of phenols is 1. The van der Waals surface area contributed by atoms with Crippen LogP contribution >= 0.6 is 0 Å². The van der Waals surface area contributed by atoms with Crippen molar-refractivity contribution in [3.63, 3.8) is 0 Å². The maximum atomic E-state index is 10.0. The van der Waals surface area contributed by atoms with Crippen LogP contribution in [0.25, 0.3) is 0 Å². The van der Waals surface area contributed by atoms with Crippen LogP contribution in [0.2, 0.25) is 0 Å². The molecule has 0 aliphatic heterocycles. The fraction of sp³-hybridized carbons (Fsp3) is 0.278. The van der Waals surface area contributed by atoms with Gasteiger partial charge >= 0.3 is 0 Å². The molecule has 5 heteroatoms. The Balaban J connectivity index is 2.16. The van der Waals surface area contributed by atoms with Gasteiger partial charge in [-0.05, 0) is 30.7 Å². The highest BCUT2D eigenvalue weighted by Crippen LogP contribution is 2.31. The molecule has 0 unspecified atom stereocenters. The van der Waals surface area contributed by atoms with E-state index >= 15 is 0 Å². The molecule has 23 heavy (non-hydrogen) atoms. The van der Waals surface area contributed by atoms with Crippen LogP contribution in [0.1, 0.15) is 18.9 Å². The number of rotatable bonds is 7. The molecule has 1 N–H and O–H groups in total. The minimum Gasteiger partial charge on any atom is -0.507 e. The molecule has 0 saturated heterocycles. The van der Waals surface area contributed by atoms with Crippen LogP contribution in [0.4, 0.5) is 5.69 Å². The Bertz CT molecular complexity index is 683. The molecule has 0 fully saturated rings. The summed E-state index contributed by atoms with van der Waals surface area (Å²) in [6, 6.07) is 10.5. The fourth-order valence-electron chi connectivity index (χ4n) is 1.99. The Morgan fingerprint density at radius 1 is 1.04 bits per heavy atom. The van der Waals surface area contributed by atoms with Crippen molar-refractivity contribution in [1.29, 1.82) is 0 Å². The molecule has 2 rings (SSSR count). The topological polar surface area (TPSA) is 60.3 Å². The number of benzene rings is 2. The third kappa shape index (κ3) is 4.39. The van der Waals surface area contributed by atoms with Gasteiger partial charge in [0.2, 0.25) is 0 Å². The third-order valence-electron chi connectivity index (χ3n) is 3.19. The number of aliphatic imine (C=N–C) groups is 1. The van der Waals surface area contributed by atoms with Gasteiger partial charge in [0.15, 0.2) is 11.5 Å². The van der Waals surface area contributed by atoms with Gasteiger partial charge in [0.1, 0.15) is 11.5 Å². The van der Waals surface area contributed by atoms with Crippen molar-refractivity contribution in [3.8, 4) is 23.0 Å². The van der Waals surface area contributed by atoms with Crippen LogP contribution in [-0.4, -0.2) is 32.1 Å². The molecule has 0 radical (unpaired) electrons. The zero-order valence-corrected chi connectivity index (χ0v) is 13.6. The highest BCUT2D eigenvalue weighted by Gasteiger charge is 2.04. The van der Waals surface area contributed by atoms with Gasteiger partial charge in [-0.15, -0.1) is 0 Å². The van der Waals surface area contributed by atoms with E-state index in [-0.39, 0.29) is 5.75 Å². The molecule has 2 aromatic carbocycles. The second-order valence-electron chi connectivity index (χ2n) is 4.87. The molecule has 0 aliphatic rings. The van der Waals surface area contributed by atoms with Crippen LogP contribution < -0.4 is 14.2 Å². The van der Waals surface area contributed by atoms with Gasteiger partial charge in [-0.25, -0.2) is 0 Å². The SMILES string of the molecule is CCCOc1ccc(C=Nc2ccc(OC)c(OC)c2)c(O)c1. The number of nitrogens with zero attached hydrogens (tertiary/aromatic N) is 1. The van der Waals surface area contributed by atoms with E-state index in [2.05, 4.69) is 4.99 Å². The average Bonchev–Trinajstić information content (AvgIpc) is 2.58. The Kier molecular flexibility index (Phi) is 5.86. The lowest BCUT2D eigenvalue weighted by atomic mass is 10.2. The van der Waals surface area contributed by atoms with E-state index in [0.29, 0.717) is 35.1 Å². The molecular formula is C18H21NO4. The summed E-state index contributed by atoms with van der Waals surface area (Å²) in [5, 5.41) is 10.0. The van der Waals surface area contributed by atoms with Gasteiger partial charge in [-0.1, -0.05) is 6.92 Å². The normalized spacial score (nSPS) is 10.7. The van der Waals surface area contributed by atoms with Crippen LogP contribution in [0.15, 0.2) is 41.4 Å². The van der Waals surface area contributed by atoms with Crippen LogP contribution in [-0.2, 0) is 0 Å². The van der Waals surface area contributed by atoms with Crippen molar-refractivity contribution >= 4 is 11.9 Å². The molecule has 0 aliphatic carbocycles. The summed E-state index contributed by atoms with van der Waals surface area (Å²) in [7, 11) is 3.16. The molecule has 5 nitrogen and oxygen atoms in total. The minimum absolute atomic E-state index is 0.128. The summed E-state index contributed by atoms with van der Waals surface area (Å²) in [5.74, 6) is 2.02. The fourth-order valence-corrected chi connectivity index (χ4v) is 1.99. The Morgan fingerprint density at radius 3 is 2.48 bits per heavy atom. The van der Waals surface area contributed by atoms with E-state index in [9.17, 15) is 5.11 Å². The molecule has 0 saturated carbocycles. The van der Waals surface area contributed by atoms with Gasteiger partial charge in [-0.2, -0.15) is 0 Å². The van der Waals surface area contributed by atoms with Crippen molar-refractivity contribution in [2.45, 2.75) is 13.3 Å². The largest absolute Gasteiger partial charge is 0.507 e. The van der Waals surface area contributed by atoms with E-state index < -0.39 is 0 Å². The first-order valence-corrected chi connectivity index (χ1v) is 7.39. The van der Waals surface area contributed by atoms with E-state index in [1.54, 1.807) is 44.7 Å². The van der Waals surface area contributed by atoms with Crippen LogP contribution in [0.5, 0.6) is 23.0 Å². The van der Waals surface area contributed by atoms with E-state index in [1.807, 2.05) is 19.1 Å². The summed E-state index contributed by atoms with van der Waals surface area (Å²) in [6.45, 7) is 2.66. The number of methoxy groups -OCH3 is 2. The molecular weight excluding hydrogens is 294 g/mol. The molecule has 0 aromatic heterocycles. The highest BCUT2D eigenvalue weighted by atomic mass is 16.5. The standard InChI is InChI=1S/C18H21NO4/c1-4-9-23-15-7-5-13(16(20)11-15)12-19-14-6-8-17(21-2)18(10-14)22-3/h5-8,10-12,20H,4,9H2,1-3H3. The lowest BCUT2D eigenvalue weighted by Crippen LogP contribution is -1.95. The van der Waals surface area contributed by atoms with Crippen LogP contribution in [0.3, 0.4) is 0 Å². The maximum Gasteiger partial charge on any atom is 0.162 e. The zero-order chi connectivity index (χ0) is 16.7. The quantitative estimate of drug-likeness (QED) is 0.786. The number of aromatic hydroxyl groups is 1. The summed E-state index contributed by atoms with van der Waals surface area (Å²) >= 11 is 0. The Hall–Kier alpha value is -2.69. The van der Waals surface area contributed by atoms with Crippen molar-refractivity contribution in [3.05, 3.63) is 42.0 Å². The molecule has 2 aromatic rings. The van der Waals surface area contributed by atoms with Gasteiger partial charge in [0.25, 0.3) is 0 Å². The predicted octanol–water partition coefficient (Wildman–Crippen LogP) is 3.95. The van der Waals surface area contributed by atoms with Crippen molar-refractivity contribution in [1.82, 2.24) is 0 Å². The maximum absolute atomic E-state index is 10.0. The van der Waals surface area contributed by atoms with E-state index in [4.69, 9.17) is 14.2 Å². The van der Waals surface area contributed by atoms with Gasteiger partial charge in [-0.3, -0.25) is 4.99 Å². The van der Waals surface area contributed by atoms with Crippen molar-refractivity contribution < 1.29 is 19.3 Å². The molecule has 122 valence electrons. The van der Waals surface area contributed by atoms with Gasteiger partial charge < -0.3 is 19.3 Å². The Morgan fingerprint density at radius 2 is 1.83 bits per heavy atom. The minimum atomic E-state index is 0.128. The highest BCUT2D eigenvalue weighted by molar-refractivity contribution is 5.85. The average molecular weight is 315 g/mol. The first-order chi connectivity index (χ1) is 11.2. The smallest absolute Gasteiger partial charge is 0.162 e. The zero-order valence-electron chi connectivity index (χ0n) is 13.6. The van der Waals surface area contributed by atoms with Crippen molar-refractivity contribution in [2.24, 2.45) is 4.99 Å². The van der Waals surface area contributed by atoms with Gasteiger partial charge in [0, 0.05) is 23.9 Å². The molecule has 0 amide bonds. The first-order valence-electron chi connectivity index (χ1n) is 7.39. The summed E-state index contributed by atoms with van der Waals surface area (Å²) < 4.78 is 15.9. The number of hydrogen-bond donors (Lipinski definition) is 1. The summed E-state index contributed by atoms with van der Waals surface area (Å²) in [6.07, 6.45) is 2.52. The van der Waals surface area contributed by atoms with Crippen molar-refractivity contribution in [2.75, 3.05) is 20.8 Å². The lowest BCUT2D eigenvalue weighted by molar-refractivity contribution is 0.315.